The van der Waals surface area contributed by atoms with Crippen LogP contribution in [0.2, 0.25) is 0 Å². The molecular formula is C25H33N9S. The summed E-state index contributed by atoms with van der Waals surface area (Å²) in [6.07, 6.45) is 4.11. The van der Waals surface area contributed by atoms with Crippen LogP contribution in [0.3, 0.4) is 0 Å². The van der Waals surface area contributed by atoms with Crippen LogP contribution in [-0.4, -0.2) is 73.7 Å². The summed E-state index contributed by atoms with van der Waals surface area (Å²) in [6.45, 7) is 15.5. The first kappa shape index (κ1) is 22.6. The zero-order valence-corrected chi connectivity index (χ0v) is 21.8. The first-order valence-electron chi connectivity index (χ1n) is 12.6. The van der Waals surface area contributed by atoms with Crippen LogP contribution >= 0.6 is 11.3 Å². The second-order valence-electron chi connectivity index (χ2n) is 10.1. The van der Waals surface area contributed by atoms with E-state index >= 15 is 0 Å². The number of anilines is 2. The maximum atomic E-state index is 5.19. The van der Waals surface area contributed by atoms with E-state index in [2.05, 4.69) is 56.6 Å². The summed E-state index contributed by atoms with van der Waals surface area (Å²) in [4.78, 5) is 28.8. The van der Waals surface area contributed by atoms with Gasteiger partial charge in [-0.2, -0.15) is 14.6 Å². The third-order valence-corrected chi connectivity index (χ3v) is 8.66. The molecule has 0 atom stereocenters. The predicted octanol–water partition coefficient (Wildman–Crippen LogP) is 3.61. The number of fused-ring (bicyclic) bond motifs is 2. The highest BCUT2D eigenvalue weighted by molar-refractivity contribution is 7.18. The van der Waals surface area contributed by atoms with Gasteiger partial charge in [0.25, 0.3) is 5.78 Å². The van der Waals surface area contributed by atoms with Crippen molar-refractivity contribution in [1.29, 1.82) is 0 Å². The molecule has 0 bridgehead atoms. The minimum atomic E-state index is 0.654. The molecule has 2 aliphatic heterocycles. The third kappa shape index (κ3) is 4.23. The van der Waals surface area contributed by atoms with Crippen LogP contribution in [0, 0.1) is 26.7 Å². The van der Waals surface area contributed by atoms with Crippen molar-refractivity contribution in [3.8, 4) is 0 Å². The van der Waals surface area contributed by atoms with E-state index in [9.17, 15) is 0 Å². The molecule has 0 unspecified atom stereocenters. The van der Waals surface area contributed by atoms with Gasteiger partial charge in [-0.25, -0.2) is 15.0 Å². The molecular weight excluding hydrogens is 458 g/mol. The fourth-order valence-corrected chi connectivity index (χ4v) is 6.32. The Morgan fingerprint density at radius 2 is 1.69 bits per heavy atom. The fourth-order valence-electron chi connectivity index (χ4n) is 5.28. The molecule has 0 aliphatic carbocycles. The maximum Gasteiger partial charge on any atom is 0.254 e. The predicted molar refractivity (Wildman–Crippen MR) is 141 cm³/mol. The molecule has 2 saturated heterocycles. The minimum absolute atomic E-state index is 0.654. The molecule has 0 radical (unpaired) electrons. The van der Waals surface area contributed by atoms with Crippen molar-refractivity contribution in [2.75, 3.05) is 49.1 Å². The molecule has 0 N–H and O–H groups in total. The number of aromatic nitrogens is 6. The van der Waals surface area contributed by atoms with Gasteiger partial charge in [-0.3, -0.25) is 4.90 Å². The molecule has 0 saturated carbocycles. The van der Waals surface area contributed by atoms with E-state index in [0.29, 0.717) is 5.78 Å². The number of nitrogens with zero attached hydrogens (tertiary/aromatic N) is 9. The van der Waals surface area contributed by atoms with Gasteiger partial charge < -0.3 is 9.80 Å². The first-order valence-corrected chi connectivity index (χ1v) is 13.4. The third-order valence-electron chi connectivity index (χ3n) is 7.56. The van der Waals surface area contributed by atoms with Gasteiger partial charge >= 0.3 is 0 Å². The van der Waals surface area contributed by atoms with Gasteiger partial charge in [0.05, 0.1) is 11.9 Å². The number of hydrogen-bond acceptors (Lipinski definition) is 9. The maximum absolute atomic E-state index is 5.19. The average molecular weight is 492 g/mol. The Morgan fingerprint density at radius 3 is 2.46 bits per heavy atom. The van der Waals surface area contributed by atoms with Gasteiger partial charge in [-0.1, -0.05) is 6.92 Å². The molecule has 2 aliphatic rings. The molecule has 10 heteroatoms. The van der Waals surface area contributed by atoms with E-state index in [4.69, 9.17) is 9.97 Å². The standard InChI is InChI=1S/C25H33N9S/c1-16-5-7-31(8-6-16)14-20-29-23(22-18(3)19(4)35-24(22)30-20)33-11-9-32(10-12-33)21-13-17(2)28-25-26-15-27-34(21)25/h13,15-16H,5-12,14H2,1-4H3. The monoisotopic (exact) mass is 491 g/mol. The molecule has 0 aromatic carbocycles. The van der Waals surface area contributed by atoms with Crippen molar-refractivity contribution < 1.29 is 0 Å². The molecule has 0 spiro atoms. The molecule has 4 aromatic rings. The molecule has 35 heavy (non-hydrogen) atoms. The van der Waals surface area contributed by atoms with Gasteiger partial charge in [0.2, 0.25) is 0 Å². The Hall–Kier alpha value is -2.85. The first-order chi connectivity index (χ1) is 17.0. The minimum Gasteiger partial charge on any atom is -0.353 e. The van der Waals surface area contributed by atoms with Crippen LogP contribution in [0.4, 0.5) is 11.6 Å². The largest absolute Gasteiger partial charge is 0.353 e. The van der Waals surface area contributed by atoms with E-state index in [1.165, 1.54) is 28.7 Å². The second kappa shape index (κ2) is 8.98. The quantitative estimate of drug-likeness (QED) is 0.428. The summed E-state index contributed by atoms with van der Waals surface area (Å²) >= 11 is 1.80. The molecule has 9 nitrogen and oxygen atoms in total. The Kier molecular flexibility index (Phi) is 5.80. The van der Waals surface area contributed by atoms with Gasteiger partial charge in [0.15, 0.2) is 0 Å². The van der Waals surface area contributed by atoms with E-state index in [-0.39, 0.29) is 0 Å². The van der Waals surface area contributed by atoms with Crippen molar-refractivity contribution in [1.82, 2.24) is 34.4 Å². The Labute approximate surface area is 209 Å². The number of piperidine rings is 1. The summed E-state index contributed by atoms with van der Waals surface area (Å²) < 4.78 is 1.84. The summed E-state index contributed by atoms with van der Waals surface area (Å²) in [6, 6.07) is 2.10. The molecule has 2 fully saturated rings. The van der Waals surface area contributed by atoms with E-state index < -0.39 is 0 Å². The molecule has 184 valence electrons. The van der Waals surface area contributed by atoms with Crippen LogP contribution in [0.5, 0.6) is 0 Å². The summed E-state index contributed by atoms with van der Waals surface area (Å²) in [7, 11) is 0. The van der Waals surface area contributed by atoms with Gasteiger partial charge in [-0.15, -0.1) is 11.3 Å². The normalized spacial score (nSPS) is 18.3. The number of rotatable bonds is 4. The SMILES string of the molecule is Cc1cc(N2CCN(c3nc(CN4CCC(C)CC4)nc4sc(C)c(C)c34)CC2)n2ncnc2n1. The van der Waals surface area contributed by atoms with Crippen LogP contribution in [-0.2, 0) is 6.54 Å². The molecule has 6 heterocycles. The average Bonchev–Trinajstić information content (AvgIpc) is 3.43. The lowest BCUT2D eigenvalue weighted by atomic mass is 9.99. The summed E-state index contributed by atoms with van der Waals surface area (Å²) in [5.74, 6) is 4.60. The fraction of sp³-hybridized carbons (Fsp3) is 0.560. The van der Waals surface area contributed by atoms with Crippen molar-refractivity contribution in [2.24, 2.45) is 5.92 Å². The number of piperazine rings is 1. The van der Waals surface area contributed by atoms with Crippen LogP contribution in [0.25, 0.3) is 16.0 Å². The van der Waals surface area contributed by atoms with Gasteiger partial charge in [0.1, 0.15) is 28.6 Å². The Balaban J connectivity index is 1.28. The summed E-state index contributed by atoms with van der Waals surface area (Å²) in [5, 5.41) is 5.63. The lowest BCUT2D eigenvalue weighted by Crippen LogP contribution is -2.47. The zero-order chi connectivity index (χ0) is 24.1. The topological polar surface area (TPSA) is 78.6 Å². The number of likely N-dealkylation sites (tertiary alicyclic amines) is 1. The Bertz CT molecular complexity index is 1360. The second-order valence-corrected chi connectivity index (χ2v) is 11.3. The smallest absolute Gasteiger partial charge is 0.254 e. The lowest BCUT2D eigenvalue weighted by molar-refractivity contribution is 0.181. The molecule has 6 rings (SSSR count). The number of hydrogen-bond donors (Lipinski definition) is 0. The highest BCUT2D eigenvalue weighted by Gasteiger charge is 2.26. The zero-order valence-electron chi connectivity index (χ0n) is 21.0. The van der Waals surface area contributed by atoms with Gasteiger partial charge in [-0.05, 0) is 58.2 Å². The van der Waals surface area contributed by atoms with Crippen LogP contribution < -0.4 is 9.80 Å². The van der Waals surface area contributed by atoms with Crippen molar-refractivity contribution in [2.45, 2.75) is 47.1 Å². The highest BCUT2D eigenvalue weighted by Crippen LogP contribution is 2.36. The van der Waals surface area contributed by atoms with Crippen LogP contribution in [0.15, 0.2) is 12.4 Å². The van der Waals surface area contributed by atoms with E-state index in [1.807, 2.05) is 11.4 Å². The van der Waals surface area contributed by atoms with Crippen LogP contribution in [0.1, 0.15) is 41.7 Å². The van der Waals surface area contributed by atoms with Gasteiger partial charge in [0, 0.05) is 42.8 Å². The molecule has 0 amide bonds. The van der Waals surface area contributed by atoms with Crippen molar-refractivity contribution >= 4 is 39.0 Å². The van der Waals surface area contributed by atoms with Crippen molar-refractivity contribution in [3.63, 3.8) is 0 Å². The number of aryl methyl sites for hydroxylation is 3. The highest BCUT2D eigenvalue weighted by atomic mass is 32.1. The lowest BCUT2D eigenvalue weighted by Gasteiger charge is -2.37. The molecule has 4 aromatic heterocycles. The van der Waals surface area contributed by atoms with E-state index in [0.717, 1.165) is 79.7 Å². The summed E-state index contributed by atoms with van der Waals surface area (Å²) in [5.41, 5.74) is 2.27. The Morgan fingerprint density at radius 1 is 0.943 bits per heavy atom. The number of thiophene rings is 1. The van der Waals surface area contributed by atoms with Crippen molar-refractivity contribution in [3.05, 3.63) is 34.4 Å². The van der Waals surface area contributed by atoms with E-state index in [1.54, 1.807) is 17.7 Å².